The average Bonchev–Trinajstić information content (AvgIpc) is 1.65. The fraction of sp³-hybridized carbons (Fsp3) is 0.800. The number of thiol groups is 1. The van der Waals surface area contributed by atoms with E-state index in [1.807, 2.05) is 6.92 Å². The van der Waals surface area contributed by atoms with Gasteiger partial charge in [-0.15, -0.1) is 0 Å². The van der Waals surface area contributed by atoms with Gasteiger partial charge in [-0.2, -0.15) is 12.6 Å². The summed E-state index contributed by atoms with van der Waals surface area (Å²) >= 11 is 9.13. The molecule has 0 bridgehead atoms. The van der Waals surface area contributed by atoms with Gasteiger partial charge in [0, 0.05) is 11.7 Å². The van der Waals surface area contributed by atoms with Crippen molar-refractivity contribution in [3.8, 4) is 0 Å². The minimum absolute atomic E-state index is 0.139. The second-order valence-electron chi connectivity index (χ2n) is 1.62. The van der Waals surface area contributed by atoms with Crippen molar-refractivity contribution in [1.82, 2.24) is 0 Å². The number of hydrogen-bond acceptors (Lipinski definition) is 2. The maximum atomic E-state index is 10.1. The summed E-state index contributed by atoms with van der Waals surface area (Å²) in [7, 11) is 0. The summed E-state index contributed by atoms with van der Waals surface area (Å²) in [6, 6.07) is 0. The number of halogens is 1. The van der Waals surface area contributed by atoms with Crippen molar-refractivity contribution in [2.75, 3.05) is 0 Å². The van der Waals surface area contributed by atoms with Crippen LogP contribution in [0.5, 0.6) is 0 Å². The van der Waals surface area contributed by atoms with E-state index in [1.165, 1.54) is 0 Å². The molecule has 48 valence electrons. The van der Waals surface area contributed by atoms with Gasteiger partial charge in [-0.3, -0.25) is 4.79 Å². The van der Waals surface area contributed by atoms with Crippen LogP contribution in [0, 0.1) is 0 Å². The lowest BCUT2D eigenvalue weighted by Gasteiger charge is -1.99. The van der Waals surface area contributed by atoms with Gasteiger partial charge in [0.05, 0.1) is 0 Å². The first-order chi connectivity index (χ1) is 3.66. The highest BCUT2D eigenvalue weighted by molar-refractivity contribution is 7.81. The molecule has 0 saturated carbocycles. The van der Waals surface area contributed by atoms with Gasteiger partial charge in [-0.05, 0) is 18.0 Å². The topological polar surface area (TPSA) is 17.1 Å². The normalized spacial score (nSPS) is 13.4. The number of hydrogen-bond donors (Lipinski definition) is 1. The summed E-state index contributed by atoms with van der Waals surface area (Å²) < 4.78 is 0. The van der Waals surface area contributed by atoms with E-state index in [0.717, 1.165) is 6.42 Å². The van der Waals surface area contributed by atoms with E-state index < -0.39 is 0 Å². The second-order valence-corrected chi connectivity index (χ2v) is 2.77. The van der Waals surface area contributed by atoms with E-state index >= 15 is 0 Å². The van der Waals surface area contributed by atoms with Crippen LogP contribution in [0.15, 0.2) is 0 Å². The fourth-order valence-corrected chi connectivity index (χ4v) is 0.789. The summed E-state index contributed by atoms with van der Waals surface area (Å²) in [5, 5.41) is -0.160. The van der Waals surface area contributed by atoms with Gasteiger partial charge in [0.2, 0.25) is 5.24 Å². The van der Waals surface area contributed by atoms with E-state index in [0.29, 0.717) is 6.42 Å². The Morgan fingerprint density at radius 2 is 2.38 bits per heavy atom. The molecule has 1 atom stereocenters. The van der Waals surface area contributed by atoms with Gasteiger partial charge < -0.3 is 0 Å². The molecule has 1 unspecified atom stereocenters. The molecular formula is C5H9ClOS. The van der Waals surface area contributed by atoms with Crippen molar-refractivity contribution in [2.24, 2.45) is 0 Å². The van der Waals surface area contributed by atoms with Gasteiger partial charge in [-0.1, -0.05) is 6.92 Å². The molecule has 0 aliphatic carbocycles. The Hall–Kier alpha value is 0.310. The quantitative estimate of drug-likeness (QED) is 0.483. The molecule has 1 nitrogen and oxygen atoms in total. The maximum Gasteiger partial charge on any atom is 0.222 e. The van der Waals surface area contributed by atoms with E-state index in [-0.39, 0.29) is 10.5 Å². The highest BCUT2D eigenvalue weighted by Gasteiger charge is 2.03. The summed E-state index contributed by atoms with van der Waals surface area (Å²) in [5.41, 5.74) is 0. The second kappa shape index (κ2) is 4.21. The summed E-state index contributed by atoms with van der Waals surface area (Å²) in [4.78, 5) is 10.1. The average molecular weight is 153 g/mol. The monoisotopic (exact) mass is 152 g/mol. The molecule has 0 aliphatic rings. The van der Waals surface area contributed by atoms with Gasteiger partial charge in [0.15, 0.2) is 0 Å². The van der Waals surface area contributed by atoms with Crippen LogP contribution in [-0.2, 0) is 4.79 Å². The Balaban J connectivity index is 3.24. The molecule has 0 amide bonds. The molecule has 0 aliphatic heterocycles. The van der Waals surface area contributed by atoms with Crippen LogP contribution in [0.25, 0.3) is 0 Å². The first kappa shape index (κ1) is 8.31. The van der Waals surface area contributed by atoms with E-state index in [4.69, 9.17) is 11.6 Å². The van der Waals surface area contributed by atoms with Gasteiger partial charge in [-0.25, -0.2) is 0 Å². The van der Waals surface area contributed by atoms with Crippen molar-refractivity contribution in [3.05, 3.63) is 0 Å². The van der Waals surface area contributed by atoms with E-state index in [1.54, 1.807) is 0 Å². The molecule has 0 rings (SSSR count). The third-order valence-electron chi connectivity index (χ3n) is 0.867. The minimum Gasteiger partial charge on any atom is -0.281 e. The number of carbonyl (C=O) groups is 1. The zero-order valence-electron chi connectivity index (χ0n) is 4.72. The lowest BCUT2D eigenvalue weighted by atomic mass is 10.3. The highest BCUT2D eigenvalue weighted by Crippen LogP contribution is 2.06. The lowest BCUT2D eigenvalue weighted by molar-refractivity contribution is -0.111. The smallest absolute Gasteiger partial charge is 0.222 e. The van der Waals surface area contributed by atoms with Crippen molar-refractivity contribution < 1.29 is 4.79 Å². The summed E-state index contributed by atoms with van der Waals surface area (Å²) in [6.07, 6.45) is 1.27. The third-order valence-corrected chi connectivity index (χ3v) is 1.57. The largest absolute Gasteiger partial charge is 0.281 e. The van der Waals surface area contributed by atoms with Crippen LogP contribution < -0.4 is 0 Å². The van der Waals surface area contributed by atoms with Crippen LogP contribution >= 0.6 is 24.2 Å². The van der Waals surface area contributed by atoms with Crippen molar-refractivity contribution in [1.29, 1.82) is 0 Å². The molecule has 0 heterocycles. The predicted molar refractivity (Wildman–Crippen MR) is 38.5 cm³/mol. The first-order valence-electron chi connectivity index (χ1n) is 2.53. The number of carbonyl (C=O) groups excluding carboxylic acids is 1. The zero-order valence-corrected chi connectivity index (χ0v) is 6.38. The zero-order chi connectivity index (χ0) is 6.57. The molecule has 8 heavy (non-hydrogen) atoms. The van der Waals surface area contributed by atoms with E-state index in [2.05, 4.69) is 12.6 Å². The summed E-state index contributed by atoms with van der Waals surface area (Å²) in [5.74, 6) is 0. The van der Waals surface area contributed by atoms with Crippen LogP contribution in [0.2, 0.25) is 0 Å². The van der Waals surface area contributed by atoms with Crippen molar-refractivity contribution in [2.45, 2.75) is 25.0 Å². The van der Waals surface area contributed by atoms with Gasteiger partial charge in [0.1, 0.15) is 0 Å². The van der Waals surface area contributed by atoms with Gasteiger partial charge in [0.25, 0.3) is 0 Å². The van der Waals surface area contributed by atoms with Crippen molar-refractivity contribution in [3.63, 3.8) is 0 Å². The molecular weight excluding hydrogens is 144 g/mol. The lowest BCUT2D eigenvalue weighted by Crippen LogP contribution is -2.00. The number of rotatable bonds is 3. The fourth-order valence-electron chi connectivity index (χ4n) is 0.330. The van der Waals surface area contributed by atoms with Crippen molar-refractivity contribution >= 4 is 29.5 Å². The SMILES string of the molecule is CCC(S)CC(=O)Cl. The molecule has 0 aromatic rings. The predicted octanol–water partition coefficient (Wildman–Crippen LogP) is 1.85. The highest BCUT2D eigenvalue weighted by atomic mass is 35.5. The molecule has 0 fully saturated rings. The van der Waals surface area contributed by atoms with Crippen LogP contribution in [-0.4, -0.2) is 10.5 Å². The van der Waals surface area contributed by atoms with Crippen LogP contribution in [0.4, 0.5) is 0 Å². The Morgan fingerprint density at radius 3 is 2.50 bits per heavy atom. The van der Waals surface area contributed by atoms with Crippen LogP contribution in [0.3, 0.4) is 0 Å². The molecule has 0 saturated heterocycles. The maximum absolute atomic E-state index is 10.1. The minimum atomic E-state index is -0.299. The molecule has 0 aromatic heterocycles. The molecule has 0 N–H and O–H groups in total. The Labute approximate surface area is 59.8 Å². The first-order valence-corrected chi connectivity index (χ1v) is 3.42. The standard InChI is InChI=1S/C5H9ClOS/c1-2-4(8)3-5(6)7/h4,8H,2-3H2,1H3. The Kier molecular flexibility index (Phi) is 4.38. The Morgan fingerprint density at radius 1 is 1.88 bits per heavy atom. The molecule has 3 heteroatoms. The van der Waals surface area contributed by atoms with E-state index in [9.17, 15) is 4.79 Å². The molecule has 0 spiro atoms. The molecule has 0 radical (unpaired) electrons. The summed E-state index contributed by atoms with van der Waals surface area (Å²) in [6.45, 7) is 1.97. The third kappa shape index (κ3) is 4.47. The molecule has 0 aromatic carbocycles. The van der Waals surface area contributed by atoms with Crippen LogP contribution in [0.1, 0.15) is 19.8 Å². The Bertz CT molecular complexity index is 84.5. The van der Waals surface area contributed by atoms with Gasteiger partial charge >= 0.3 is 0 Å².